The Kier molecular flexibility index (Phi) is 46.5. The number of nitrogens with two attached hydrogens (primary N) is 1. The summed E-state index contributed by atoms with van der Waals surface area (Å²) in [6, 6.07) is 0. The average Bonchev–Trinajstić information content (AvgIpc) is 3.13. The summed E-state index contributed by atoms with van der Waals surface area (Å²) >= 11 is 0. The van der Waals surface area contributed by atoms with E-state index in [0.29, 0.717) is 24.7 Å². The second-order valence-electron chi connectivity index (χ2n) is 4.31. The van der Waals surface area contributed by atoms with Gasteiger partial charge < -0.3 is 15.8 Å². The SMILES string of the molecule is C#C.CC.CC.CC.COCC(C)C.NC1=CCCN1C(=O)CNC=O. The van der Waals surface area contributed by atoms with Gasteiger partial charge in [-0.3, -0.25) is 14.5 Å². The Balaban J connectivity index is -0.0000000892. The Bertz CT molecular complexity index is 328. The van der Waals surface area contributed by atoms with E-state index in [-0.39, 0.29) is 12.5 Å². The Morgan fingerprint density at radius 2 is 1.73 bits per heavy atom. The number of rotatable bonds is 5. The molecule has 0 aromatic heterocycles. The van der Waals surface area contributed by atoms with Crippen LogP contribution in [-0.2, 0) is 14.3 Å². The van der Waals surface area contributed by atoms with Crippen LogP contribution in [-0.4, -0.2) is 44.0 Å². The zero-order valence-corrected chi connectivity index (χ0v) is 18.5. The molecule has 6 heteroatoms. The first-order valence-corrected chi connectivity index (χ1v) is 9.28. The number of methoxy groups -OCH3 is 1. The first-order chi connectivity index (χ1) is 12.5. The van der Waals surface area contributed by atoms with E-state index in [0.717, 1.165) is 13.0 Å². The highest BCUT2D eigenvalue weighted by molar-refractivity contribution is 5.81. The number of nitrogens with zero attached hydrogens (tertiary/aromatic N) is 1. The van der Waals surface area contributed by atoms with Crippen LogP contribution in [0.1, 0.15) is 61.8 Å². The van der Waals surface area contributed by atoms with Gasteiger partial charge in [-0.1, -0.05) is 55.4 Å². The minimum absolute atomic E-state index is 0.0119. The molecule has 0 unspecified atom stereocenters. The summed E-state index contributed by atoms with van der Waals surface area (Å²) in [6.45, 7) is 17.8. The highest BCUT2D eigenvalue weighted by Crippen LogP contribution is 2.08. The Morgan fingerprint density at radius 1 is 1.27 bits per heavy atom. The molecule has 1 aliphatic rings. The van der Waals surface area contributed by atoms with Crippen molar-refractivity contribution in [1.82, 2.24) is 10.2 Å². The molecule has 0 aliphatic carbocycles. The van der Waals surface area contributed by atoms with E-state index in [9.17, 15) is 9.59 Å². The maximum Gasteiger partial charge on any atom is 0.247 e. The summed E-state index contributed by atoms with van der Waals surface area (Å²) in [6.07, 6.45) is 11.1. The quantitative estimate of drug-likeness (QED) is 0.571. The third kappa shape index (κ3) is 26.9. The first kappa shape index (κ1) is 35.2. The van der Waals surface area contributed by atoms with Gasteiger partial charge in [0.1, 0.15) is 5.82 Å². The minimum atomic E-state index is -0.173. The molecule has 0 saturated heterocycles. The van der Waals surface area contributed by atoms with Crippen molar-refractivity contribution in [2.75, 3.05) is 26.8 Å². The molecule has 1 aliphatic heterocycles. The second kappa shape index (κ2) is 34.4. The van der Waals surface area contributed by atoms with Crippen LogP contribution in [0.2, 0.25) is 0 Å². The normalized spacial score (nSPS) is 10.3. The van der Waals surface area contributed by atoms with E-state index < -0.39 is 0 Å². The van der Waals surface area contributed by atoms with Gasteiger partial charge in [-0.2, -0.15) is 0 Å². The molecule has 0 aromatic carbocycles. The summed E-state index contributed by atoms with van der Waals surface area (Å²) in [4.78, 5) is 22.5. The molecule has 0 atom stereocenters. The van der Waals surface area contributed by atoms with Crippen molar-refractivity contribution in [2.45, 2.75) is 61.8 Å². The summed E-state index contributed by atoms with van der Waals surface area (Å²) in [5, 5.41) is 2.29. The predicted molar refractivity (Wildman–Crippen MR) is 113 cm³/mol. The van der Waals surface area contributed by atoms with E-state index in [2.05, 4.69) is 32.0 Å². The molecule has 0 bridgehead atoms. The van der Waals surface area contributed by atoms with Crippen molar-refractivity contribution >= 4 is 12.3 Å². The summed E-state index contributed by atoms with van der Waals surface area (Å²) in [7, 11) is 1.72. The molecule has 6 nitrogen and oxygen atoms in total. The molecule has 1 heterocycles. The molecule has 3 N–H and O–H groups in total. The van der Waals surface area contributed by atoms with Gasteiger partial charge in [0.2, 0.25) is 12.3 Å². The van der Waals surface area contributed by atoms with Gasteiger partial charge in [-0.05, 0) is 18.4 Å². The first-order valence-electron chi connectivity index (χ1n) is 9.28. The standard InChI is InChI=1S/C7H11N3O2.C5H12O.3C2H6.C2H2/c8-6-2-1-3-10(6)7(12)4-9-5-11;1-5(2)4-6-3;4*1-2/h2,5H,1,3-4,8H2,(H,9,11);5H,4H2,1-3H3;3*1-2H3;1-2H. The molecular formula is C20H43N3O3. The van der Waals surface area contributed by atoms with Gasteiger partial charge in [-0.25, -0.2) is 0 Å². The monoisotopic (exact) mass is 373 g/mol. The molecule has 2 amide bonds. The Morgan fingerprint density at radius 3 is 1.96 bits per heavy atom. The van der Waals surface area contributed by atoms with E-state index in [1.165, 1.54) is 4.90 Å². The van der Waals surface area contributed by atoms with Gasteiger partial charge in [-0.15, -0.1) is 12.8 Å². The van der Waals surface area contributed by atoms with Crippen LogP contribution in [0.25, 0.3) is 0 Å². The van der Waals surface area contributed by atoms with Crippen molar-refractivity contribution in [2.24, 2.45) is 11.7 Å². The fraction of sp³-hybridized carbons (Fsp3) is 0.700. The average molecular weight is 374 g/mol. The molecule has 0 spiro atoms. The number of terminal acetylenes is 1. The molecule has 0 fully saturated rings. The van der Waals surface area contributed by atoms with Crippen LogP contribution in [0.3, 0.4) is 0 Å². The summed E-state index contributed by atoms with van der Waals surface area (Å²) in [5.74, 6) is 0.982. The van der Waals surface area contributed by atoms with Crippen molar-refractivity contribution < 1.29 is 14.3 Å². The van der Waals surface area contributed by atoms with Crippen LogP contribution in [0, 0.1) is 18.8 Å². The number of carbonyl (C=O) groups excluding carboxylic acids is 2. The molecule has 0 radical (unpaired) electrons. The smallest absolute Gasteiger partial charge is 0.247 e. The zero-order chi connectivity index (χ0) is 22.0. The molecular weight excluding hydrogens is 330 g/mol. The fourth-order valence-corrected chi connectivity index (χ4v) is 1.41. The van der Waals surface area contributed by atoms with E-state index >= 15 is 0 Å². The second-order valence-corrected chi connectivity index (χ2v) is 4.31. The van der Waals surface area contributed by atoms with Crippen molar-refractivity contribution in [1.29, 1.82) is 0 Å². The molecule has 1 rings (SSSR count). The lowest BCUT2D eigenvalue weighted by molar-refractivity contribution is -0.129. The lowest BCUT2D eigenvalue weighted by Gasteiger charge is -2.16. The van der Waals surface area contributed by atoms with Gasteiger partial charge in [0.25, 0.3) is 0 Å². The van der Waals surface area contributed by atoms with Gasteiger partial charge in [0.15, 0.2) is 0 Å². The Labute approximate surface area is 162 Å². The van der Waals surface area contributed by atoms with Crippen LogP contribution in [0.15, 0.2) is 11.9 Å². The van der Waals surface area contributed by atoms with E-state index in [4.69, 9.17) is 10.5 Å². The highest BCUT2D eigenvalue weighted by Gasteiger charge is 2.18. The highest BCUT2D eigenvalue weighted by atomic mass is 16.5. The Hall–Kier alpha value is -2.00. The molecule has 0 aromatic rings. The third-order valence-electron chi connectivity index (χ3n) is 2.16. The maximum absolute atomic E-state index is 11.2. The third-order valence-corrected chi connectivity index (χ3v) is 2.16. The largest absolute Gasteiger partial charge is 0.385 e. The van der Waals surface area contributed by atoms with Gasteiger partial charge in [0.05, 0.1) is 6.54 Å². The number of amides is 2. The number of carbonyl (C=O) groups is 2. The summed E-state index contributed by atoms with van der Waals surface area (Å²) < 4.78 is 4.80. The molecule has 0 saturated carbocycles. The molecule has 26 heavy (non-hydrogen) atoms. The van der Waals surface area contributed by atoms with E-state index in [1.807, 2.05) is 41.5 Å². The number of nitrogens with one attached hydrogen (secondary N) is 1. The van der Waals surface area contributed by atoms with Crippen LogP contribution < -0.4 is 11.1 Å². The molecule has 156 valence electrons. The lowest BCUT2D eigenvalue weighted by atomic mass is 10.2. The number of hydrogen-bond acceptors (Lipinski definition) is 4. The van der Waals surface area contributed by atoms with Crippen LogP contribution in [0.4, 0.5) is 0 Å². The van der Waals surface area contributed by atoms with Crippen molar-refractivity contribution in [3.8, 4) is 12.8 Å². The van der Waals surface area contributed by atoms with Crippen molar-refractivity contribution in [3.63, 3.8) is 0 Å². The zero-order valence-electron chi connectivity index (χ0n) is 18.5. The van der Waals surface area contributed by atoms with Crippen LogP contribution >= 0.6 is 0 Å². The topological polar surface area (TPSA) is 84.7 Å². The maximum atomic E-state index is 11.2. The van der Waals surface area contributed by atoms with Crippen molar-refractivity contribution in [3.05, 3.63) is 11.9 Å². The van der Waals surface area contributed by atoms with Crippen LogP contribution in [0.5, 0.6) is 0 Å². The number of ether oxygens (including phenoxy) is 1. The predicted octanol–water partition coefficient (Wildman–Crippen LogP) is 3.38. The minimum Gasteiger partial charge on any atom is -0.385 e. The van der Waals surface area contributed by atoms with E-state index in [1.54, 1.807) is 13.2 Å². The van der Waals surface area contributed by atoms with Gasteiger partial charge in [0, 0.05) is 20.3 Å². The van der Waals surface area contributed by atoms with Gasteiger partial charge >= 0.3 is 0 Å². The number of hydrogen-bond donors (Lipinski definition) is 2. The summed E-state index contributed by atoms with van der Waals surface area (Å²) in [5.41, 5.74) is 5.50. The fourth-order valence-electron chi connectivity index (χ4n) is 1.41. The lowest BCUT2D eigenvalue weighted by Crippen LogP contribution is -2.37.